The largest absolute Gasteiger partial charge is 0.366 e. The molecule has 1 aromatic rings. The molecule has 0 aliphatic carbocycles. The zero-order valence-electron chi connectivity index (χ0n) is 13.9. The molecule has 0 aromatic heterocycles. The average Bonchev–Trinajstić information content (AvgIpc) is 2.91. The molecule has 4 N–H and O–H groups in total. The second kappa shape index (κ2) is 5.90. The Morgan fingerprint density at radius 2 is 2.08 bits per heavy atom. The van der Waals surface area contributed by atoms with Crippen molar-refractivity contribution in [1.29, 1.82) is 0 Å². The monoisotopic (exact) mass is 331 g/mol. The topological polar surface area (TPSA) is 82.8 Å². The highest BCUT2D eigenvalue weighted by Gasteiger charge is 2.36. The molecule has 6 nitrogen and oxygen atoms in total. The molecule has 0 atom stereocenters. The van der Waals surface area contributed by atoms with E-state index < -0.39 is 11.7 Å². The number of hydrogen-bond donors (Lipinski definition) is 3. The third kappa shape index (κ3) is 2.54. The Hall–Kier alpha value is -2.41. The summed E-state index contributed by atoms with van der Waals surface area (Å²) in [5.74, 6) is -0.503. The van der Waals surface area contributed by atoms with Crippen LogP contribution in [0.5, 0.6) is 0 Å². The minimum absolute atomic E-state index is 0.00992. The minimum atomic E-state index is -0.701. The molecule has 2 aliphatic rings. The van der Waals surface area contributed by atoms with Gasteiger partial charge in [0.25, 0.3) is 5.91 Å². The second-order valence-corrected chi connectivity index (χ2v) is 6.58. The average molecular weight is 331 g/mol. The van der Waals surface area contributed by atoms with Gasteiger partial charge in [-0.1, -0.05) is 6.92 Å². The highest BCUT2D eigenvalue weighted by atomic mass is 19.1. The van der Waals surface area contributed by atoms with Crippen molar-refractivity contribution >= 4 is 24.0 Å². The maximum atomic E-state index is 13.8. The number of halogens is 1. The molecule has 0 spiro atoms. The maximum absolute atomic E-state index is 13.8. The SMILES string of the molecule is C=NN1/C(=C(\C)C2(C)CCNCC2)Nc2cc(F)cc(C(N)=O)c21. The van der Waals surface area contributed by atoms with Gasteiger partial charge in [0.05, 0.1) is 11.3 Å². The standard InChI is InChI=1S/C17H22FN5O/c1-10(17(2)4-6-21-7-5-17)16-22-13-9-11(18)8-12(15(19)24)14(13)23(16)20-3/h8-9,21-22H,3-7H2,1-2H3,(H2,19,24)/b16-10+. The van der Waals surface area contributed by atoms with Crippen LogP contribution in [0, 0.1) is 11.2 Å². The summed E-state index contributed by atoms with van der Waals surface area (Å²) in [4.78, 5) is 11.7. The quantitative estimate of drug-likeness (QED) is 0.743. The zero-order chi connectivity index (χ0) is 17.5. The van der Waals surface area contributed by atoms with E-state index in [1.165, 1.54) is 6.07 Å². The zero-order valence-corrected chi connectivity index (χ0v) is 13.9. The van der Waals surface area contributed by atoms with Gasteiger partial charge in [-0.15, -0.1) is 0 Å². The first-order valence-electron chi connectivity index (χ1n) is 7.96. The number of piperidine rings is 1. The first-order valence-corrected chi connectivity index (χ1v) is 7.96. The molecule has 0 saturated carbocycles. The van der Waals surface area contributed by atoms with Crippen molar-refractivity contribution in [2.75, 3.05) is 23.4 Å². The van der Waals surface area contributed by atoms with Crippen LogP contribution in [-0.4, -0.2) is 25.7 Å². The molecule has 2 heterocycles. The third-order valence-electron chi connectivity index (χ3n) is 5.13. The maximum Gasteiger partial charge on any atom is 0.251 e. The van der Waals surface area contributed by atoms with E-state index in [9.17, 15) is 9.18 Å². The third-order valence-corrected chi connectivity index (χ3v) is 5.13. The Kier molecular flexibility index (Phi) is 4.04. The number of rotatable bonds is 3. The van der Waals surface area contributed by atoms with E-state index in [0.717, 1.165) is 43.4 Å². The molecule has 0 radical (unpaired) electrons. The molecule has 3 rings (SSSR count). The van der Waals surface area contributed by atoms with Crippen LogP contribution in [0.2, 0.25) is 0 Å². The van der Waals surface area contributed by atoms with Gasteiger partial charge in [-0.05, 0) is 56.0 Å². The number of anilines is 2. The number of hydrazone groups is 1. The molecule has 1 fully saturated rings. The van der Waals surface area contributed by atoms with Crippen LogP contribution in [0.3, 0.4) is 0 Å². The number of carbonyl (C=O) groups excluding carboxylic acids is 1. The fraction of sp³-hybridized carbons (Fsp3) is 0.412. The summed E-state index contributed by atoms with van der Waals surface area (Å²) in [7, 11) is 0. The lowest BCUT2D eigenvalue weighted by atomic mass is 9.75. The van der Waals surface area contributed by atoms with Crippen molar-refractivity contribution in [1.82, 2.24) is 5.32 Å². The molecule has 1 aromatic carbocycles. The lowest BCUT2D eigenvalue weighted by Gasteiger charge is -2.36. The van der Waals surface area contributed by atoms with Gasteiger partial charge in [0.15, 0.2) is 0 Å². The van der Waals surface area contributed by atoms with E-state index in [4.69, 9.17) is 5.73 Å². The van der Waals surface area contributed by atoms with Crippen LogP contribution in [0.15, 0.2) is 28.6 Å². The van der Waals surface area contributed by atoms with Crippen LogP contribution >= 0.6 is 0 Å². The van der Waals surface area contributed by atoms with Gasteiger partial charge in [0, 0.05) is 6.72 Å². The molecule has 1 saturated heterocycles. The smallest absolute Gasteiger partial charge is 0.251 e. The summed E-state index contributed by atoms with van der Waals surface area (Å²) in [6.07, 6.45) is 1.98. The van der Waals surface area contributed by atoms with Gasteiger partial charge in [0.1, 0.15) is 17.3 Å². The van der Waals surface area contributed by atoms with Gasteiger partial charge < -0.3 is 16.4 Å². The van der Waals surface area contributed by atoms with E-state index >= 15 is 0 Å². The Morgan fingerprint density at radius 3 is 2.67 bits per heavy atom. The molecule has 24 heavy (non-hydrogen) atoms. The van der Waals surface area contributed by atoms with Crippen LogP contribution in [0.1, 0.15) is 37.0 Å². The van der Waals surface area contributed by atoms with E-state index in [1.54, 1.807) is 5.01 Å². The van der Waals surface area contributed by atoms with E-state index in [1.807, 2.05) is 6.92 Å². The summed E-state index contributed by atoms with van der Waals surface area (Å²) in [5.41, 5.74) is 7.52. The number of amides is 1. The fourth-order valence-electron chi connectivity index (χ4n) is 3.44. The Labute approximate surface area is 140 Å². The number of nitrogens with zero attached hydrogens (tertiary/aromatic N) is 2. The normalized spacial score (nSPS) is 21.0. The van der Waals surface area contributed by atoms with Gasteiger partial charge in [0.2, 0.25) is 0 Å². The first kappa shape index (κ1) is 16.4. The molecule has 7 heteroatoms. The van der Waals surface area contributed by atoms with Crippen LogP contribution in [0.4, 0.5) is 15.8 Å². The molecular weight excluding hydrogens is 309 g/mol. The summed E-state index contributed by atoms with van der Waals surface area (Å²) in [5, 5.41) is 12.2. The predicted molar refractivity (Wildman–Crippen MR) is 93.5 cm³/mol. The Morgan fingerprint density at radius 1 is 1.42 bits per heavy atom. The van der Waals surface area contributed by atoms with Gasteiger partial charge in [-0.3, -0.25) is 4.79 Å². The summed E-state index contributed by atoms with van der Waals surface area (Å²) >= 11 is 0. The summed E-state index contributed by atoms with van der Waals surface area (Å²) < 4.78 is 13.8. The van der Waals surface area contributed by atoms with Crippen molar-refractivity contribution in [2.45, 2.75) is 26.7 Å². The molecule has 0 bridgehead atoms. The van der Waals surface area contributed by atoms with Crippen molar-refractivity contribution in [2.24, 2.45) is 16.3 Å². The molecule has 0 unspecified atom stereocenters. The molecule has 2 aliphatic heterocycles. The van der Waals surface area contributed by atoms with Crippen molar-refractivity contribution in [3.8, 4) is 0 Å². The summed E-state index contributed by atoms with van der Waals surface area (Å²) in [6, 6.07) is 2.47. The minimum Gasteiger partial charge on any atom is -0.366 e. The number of fused-ring (bicyclic) bond motifs is 1. The van der Waals surface area contributed by atoms with Crippen LogP contribution < -0.4 is 21.4 Å². The fourth-order valence-corrected chi connectivity index (χ4v) is 3.44. The predicted octanol–water partition coefficient (Wildman–Crippen LogP) is 2.39. The molecule has 128 valence electrons. The van der Waals surface area contributed by atoms with E-state index in [0.29, 0.717) is 11.4 Å². The number of primary amides is 1. The number of allylic oxidation sites excluding steroid dienone is 1. The lowest BCUT2D eigenvalue weighted by molar-refractivity contribution is 0.100. The van der Waals surface area contributed by atoms with E-state index in [2.05, 4.69) is 29.4 Å². The van der Waals surface area contributed by atoms with Gasteiger partial charge in [-0.25, -0.2) is 9.40 Å². The lowest BCUT2D eigenvalue weighted by Crippen LogP contribution is -2.37. The van der Waals surface area contributed by atoms with E-state index in [-0.39, 0.29) is 11.0 Å². The first-order chi connectivity index (χ1) is 11.4. The number of carbonyl (C=O) groups is 1. The Bertz CT molecular complexity index is 737. The Balaban J connectivity index is 2.12. The number of nitrogens with one attached hydrogen (secondary N) is 2. The molecular formula is C17H22FN5O. The molecule has 1 amide bonds. The highest BCUT2D eigenvalue weighted by Crippen LogP contribution is 2.45. The van der Waals surface area contributed by atoms with Crippen molar-refractivity contribution < 1.29 is 9.18 Å². The summed E-state index contributed by atoms with van der Waals surface area (Å²) in [6.45, 7) is 9.74. The highest BCUT2D eigenvalue weighted by molar-refractivity contribution is 6.04. The van der Waals surface area contributed by atoms with Crippen LogP contribution in [0.25, 0.3) is 0 Å². The van der Waals surface area contributed by atoms with Crippen molar-refractivity contribution in [3.63, 3.8) is 0 Å². The van der Waals surface area contributed by atoms with Gasteiger partial charge in [-0.2, -0.15) is 5.10 Å². The van der Waals surface area contributed by atoms with Crippen molar-refractivity contribution in [3.05, 3.63) is 34.9 Å². The number of hydrogen-bond acceptors (Lipinski definition) is 5. The van der Waals surface area contributed by atoms with Crippen LogP contribution in [-0.2, 0) is 0 Å². The second-order valence-electron chi connectivity index (χ2n) is 6.58. The number of benzene rings is 1. The van der Waals surface area contributed by atoms with Gasteiger partial charge >= 0.3 is 0 Å². The number of nitrogens with two attached hydrogens (primary N) is 1.